The molecule has 0 fully saturated rings. The van der Waals surface area contributed by atoms with Gasteiger partial charge in [-0.15, -0.1) is 0 Å². The second-order valence-corrected chi connectivity index (χ2v) is 6.18. The number of carbonyl (C=O) groups is 1. The highest BCUT2D eigenvalue weighted by Crippen LogP contribution is 2.26. The molecule has 4 rings (SSSR count). The molecule has 132 valence electrons. The van der Waals surface area contributed by atoms with Gasteiger partial charge in [-0.1, -0.05) is 42.5 Å². The third kappa shape index (κ3) is 3.75. The van der Waals surface area contributed by atoms with Crippen molar-refractivity contribution in [1.82, 2.24) is 0 Å². The molecule has 0 bridgehead atoms. The molecule has 3 N–H and O–H groups in total. The molecule has 0 radical (unpaired) electrons. The molecule has 4 heteroatoms. The number of nitrogens with two attached hydrogens (primary N) is 1. The average molecular weight is 354 g/mol. The second-order valence-electron chi connectivity index (χ2n) is 6.18. The van der Waals surface area contributed by atoms with E-state index in [1.807, 2.05) is 48.5 Å². The molecule has 0 spiro atoms. The molecule has 0 atom stereocenters. The van der Waals surface area contributed by atoms with Crippen LogP contribution in [0.25, 0.3) is 10.8 Å². The lowest BCUT2D eigenvalue weighted by Gasteiger charge is -2.09. The fraction of sp³-hybridized carbons (Fsp3) is 0. The summed E-state index contributed by atoms with van der Waals surface area (Å²) in [7, 11) is 0. The molecule has 0 aliphatic heterocycles. The monoisotopic (exact) mass is 354 g/mol. The number of amides is 1. The van der Waals surface area contributed by atoms with Gasteiger partial charge in [0, 0.05) is 5.56 Å². The number of hydrogen-bond donors (Lipinski definition) is 2. The molecule has 1 amide bonds. The van der Waals surface area contributed by atoms with Crippen molar-refractivity contribution in [1.29, 1.82) is 0 Å². The van der Waals surface area contributed by atoms with Gasteiger partial charge in [-0.2, -0.15) is 0 Å². The summed E-state index contributed by atoms with van der Waals surface area (Å²) in [5, 5.41) is 5.09. The second kappa shape index (κ2) is 7.22. The molecule has 0 unspecified atom stereocenters. The van der Waals surface area contributed by atoms with Crippen LogP contribution >= 0.6 is 0 Å². The molecular weight excluding hydrogens is 336 g/mol. The normalized spacial score (nSPS) is 10.5. The van der Waals surface area contributed by atoms with E-state index in [9.17, 15) is 4.79 Å². The lowest BCUT2D eigenvalue weighted by Crippen LogP contribution is -2.12. The summed E-state index contributed by atoms with van der Waals surface area (Å²) in [6, 6.07) is 28.2. The Morgan fingerprint density at radius 1 is 0.741 bits per heavy atom. The minimum Gasteiger partial charge on any atom is -0.457 e. The standard InChI is InChI=1S/C23H18N2O2/c24-21-7-3-4-8-22(21)25-23(26)17-10-12-19(13-11-17)27-20-14-9-16-5-1-2-6-18(16)15-20/h1-15H,24H2,(H,25,26). The van der Waals surface area contributed by atoms with Gasteiger partial charge in [0.2, 0.25) is 0 Å². The van der Waals surface area contributed by atoms with Gasteiger partial charge in [0.05, 0.1) is 11.4 Å². The van der Waals surface area contributed by atoms with Crippen LogP contribution in [0.5, 0.6) is 11.5 Å². The number of nitrogens with one attached hydrogen (secondary N) is 1. The third-order valence-corrected chi connectivity index (χ3v) is 4.28. The van der Waals surface area contributed by atoms with Gasteiger partial charge in [0.1, 0.15) is 11.5 Å². The molecule has 27 heavy (non-hydrogen) atoms. The summed E-state index contributed by atoms with van der Waals surface area (Å²) >= 11 is 0. The maximum atomic E-state index is 12.4. The van der Waals surface area contributed by atoms with E-state index in [-0.39, 0.29) is 5.91 Å². The molecule has 0 aliphatic rings. The van der Waals surface area contributed by atoms with E-state index >= 15 is 0 Å². The first-order valence-corrected chi connectivity index (χ1v) is 8.62. The van der Waals surface area contributed by atoms with Crippen LogP contribution in [0.4, 0.5) is 11.4 Å². The molecule has 0 aromatic heterocycles. The number of rotatable bonds is 4. The van der Waals surface area contributed by atoms with E-state index in [0.29, 0.717) is 22.7 Å². The maximum Gasteiger partial charge on any atom is 0.255 e. The average Bonchev–Trinajstić information content (AvgIpc) is 2.70. The Morgan fingerprint density at radius 2 is 1.41 bits per heavy atom. The number of anilines is 2. The van der Waals surface area contributed by atoms with E-state index in [2.05, 4.69) is 11.4 Å². The zero-order valence-corrected chi connectivity index (χ0v) is 14.6. The highest BCUT2D eigenvalue weighted by atomic mass is 16.5. The maximum absolute atomic E-state index is 12.4. The van der Waals surface area contributed by atoms with E-state index in [1.165, 1.54) is 0 Å². The lowest BCUT2D eigenvalue weighted by molar-refractivity contribution is 0.102. The molecular formula is C23H18N2O2. The van der Waals surface area contributed by atoms with Gasteiger partial charge in [0.25, 0.3) is 5.91 Å². The predicted octanol–water partition coefficient (Wildman–Crippen LogP) is 5.47. The van der Waals surface area contributed by atoms with E-state index in [4.69, 9.17) is 10.5 Å². The van der Waals surface area contributed by atoms with Crippen molar-refractivity contribution in [2.45, 2.75) is 0 Å². The van der Waals surface area contributed by atoms with Crippen molar-refractivity contribution in [3.8, 4) is 11.5 Å². The number of fused-ring (bicyclic) bond motifs is 1. The first-order valence-electron chi connectivity index (χ1n) is 8.62. The van der Waals surface area contributed by atoms with E-state index < -0.39 is 0 Å². The Bertz CT molecular complexity index is 1100. The Balaban J connectivity index is 1.48. The number of hydrogen-bond acceptors (Lipinski definition) is 3. The van der Waals surface area contributed by atoms with Crippen LogP contribution in [0.1, 0.15) is 10.4 Å². The summed E-state index contributed by atoms with van der Waals surface area (Å²) in [5.41, 5.74) is 7.52. The van der Waals surface area contributed by atoms with Crippen LogP contribution in [0, 0.1) is 0 Å². The number of nitrogen functional groups attached to an aromatic ring is 1. The number of benzene rings is 4. The van der Waals surface area contributed by atoms with Crippen molar-refractivity contribution in [2.24, 2.45) is 0 Å². The minimum atomic E-state index is -0.217. The zero-order chi connectivity index (χ0) is 18.6. The van der Waals surface area contributed by atoms with Gasteiger partial charge in [-0.25, -0.2) is 0 Å². The first-order chi connectivity index (χ1) is 13.2. The summed E-state index contributed by atoms with van der Waals surface area (Å²) in [6.45, 7) is 0. The minimum absolute atomic E-state index is 0.217. The van der Waals surface area contributed by atoms with Crippen molar-refractivity contribution < 1.29 is 9.53 Å². The van der Waals surface area contributed by atoms with Crippen molar-refractivity contribution in [2.75, 3.05) is 11.1 Å². The van der Waals surface area contributed by atoms with Crippen LogP contribution in [0.2, 0.25) is 0 Å². The first kappa shape index (κ1) is 16.7. The fourth-order valence-corrected chi connectivity index (χ4v) is 2.85. The zero-order valence-electron chi connectivity index (χ0n) is 14.6. The number of carbonyl (C=O) groups excluding carboxylic acids is 1. The quantitative estimate of drug-likeness (QED) is 0.478. The summed E-state index contributed by atoms with van der Waals surface area (Å²) in [5.74, 6) is 1.20. The van der Waals surface area contributed by atoms with Gasteiger partial charge in [-0.05, 0) is 59.3 Å². The van der Waals surface area contributed by atoms with Crippen LogP contribution in [-0.2, 0) is 0 Å². The summed E-state index contributed by atoms with van der Waals surface area (Å²) in [6.07, 6.45) is 0. The molecule has 0 heterocycles. The molecule has 0 saturated heterocycles. The van der Waals surface area contributed by atoms with E-state index in [0.717, 1.165) is 16.5 Å². The van der Waals surface area contributed by atoms with Gasteiger partial charge >= 0.3 is 0 Å². The SMILES string of the molecule is Nc1ccccc1NC(=O)c1ccc(Oc2ccc3ccccc3c2)cc1. The smallest absolute Gasteiger partial charge is 0.255 e. The highest BCUT2D eigenvalue weighted by molar-refractivity contribution is 6.05. The Labute approximate surface area is 157 Å². The summed E-state index contributed by atoms with van der Waals surface area (Å²) < 4.78 is 5.91. The van der Waals surface area contributed by atoms with Crippen LogP contribution < -0.4 is 15.8 Å². The Kier molecular flexibility index (Phi) is 4.45. The van der Waals surface area contributed by atoms with Crippen molar-refractivity contribution >= 4 is 28.1 Å². The molecule has 0 aliphatic carbocycles. The number of para-hydroxylation sites is 2. The van der Waals surface area contributed by atoms with Crippen molar-refractivity contribution in [3.63, 3.8) is 0 Å². The van der Waals surface area contributed by atoms with E-state index in [1.54, 1.807) is 36.4 Å². The van der Waals surface area contributed by atoms with Gasteiger partial charge < -0.3 is 15.8 Å². The fourth-order valence-electron chi connectivity index (χ4n) is 2.85. The van der Waals surface area contributed by atoms with Crippen LogP contribution in [-0.4, -0.2) is 5.91 Å². The lowest BCUT2D eigenvalue weighted by atomic mass is 10.1. The van der Waals surface area contributed by atoms with Crippen LogP contribution in [0.15, 0.2) is 91.0 Å². The Morgan fingerprint density at radius 3 is 2.19 bits per heavy atom. The highest BCUT2D eigenvalue weighted by Gasteiger charge is 2.08. The van der Waals surface area contributed by atoms with Gasteiger partial charge in [-0.3, -0.25) is 4.79 Å². The molecule has 4 aromatic carbocycles. The molecule has 0 saturated carbocycles. The molecule has 4 aromatic rings. The van der Waals surface area contributed by atoms with Gasteiger partial charge in [0.15, 0.2) is 0 Å². The van der Waals surface area contributed by atoms with Crippen LogP contribution in [0.3, 0.4) is 0 Å². The third-order valence-electron chi connectivity index (χ3n) is 4.28. The Hall–Kier alpha value is -3.79. The summed E-state index contributed by atoms with van der Waals surface area (Å²) in [4.78, 5) is 12.4. The predicted molar refractivity (Wildman–Crippen MR) is 109 cm³/mol. The molecule has 4 nitrogen and oxygen atoms in total. The number of ether oxygens (including phenoxy) is 1. The largest absolute Gasteiger partial charge is 0.457 e. The van der Waals surface area contributed by atoms with Crippen molar-refractivity contribution in [3.05, 3.63) is 96.6 Å². The topological polar surface area (TPSA) is 64.3 Å².